The Kier molecular flexibility index (Phi) is 8.19. The quantitative estimate of drug-likeness (QED) is 0.703. The molecular formula is C20H33N3O4. The van der Waals surface area contributed by atoms with Crippen molar-refractivity contribution in [3.63, 3.8) is 0 Å². The number of carbonyl (C=O) groups excluding carboxylic acids is 1. The van der Waals surface area contributed by atoms with Crippen LogP contribution in [-0.2, 0) is 11.3 Å². The summed E-state index contributed by atoms with van der Waals surface area (Å²) in [5, 5.41) is 2.98. The number of nitrogens with zero attached hydrogens (tertiary/aromatic N) is 2. The Morgan fingerprint density at radius 3 is 2.19 bits per heavy atom. The minimum Gasteiger partial charge on any atom is -0.493 e. The van der Waals surface area contributed by atoms with Gasteiger partial charge >= 0.3 is 0 Å². The van der Waals surface area contributed by atoms with Gasteiger partial charge in [0.1, 0.15) is 0 Å². The van der Waals surface area contributed by atoms with Gasteiger partial charge in [0.15, 0.2) is 11.5 Å². The average molecular weight is 380 g/mol. The molecule has 1 amide bonds. The topological polar surface area (TPSA) is 63.3 Å². The molecule has 1 fully saturated rings. The first-order valence-electron chi connectivity index (χ1n) is 9.47. The Morgan fingerprint density at radius 1 is 1.00 bits per heavy atom. The molecule has 0 spiro atoms. The third-order valence-corrected chi connectivity index (χ3v) is 4.72. The van der Waals surface area contributed by atoms with Gasteiger partial charge in [-0.25, -0.2) is 0 Å². The molecule has 0 aromatic heterocycles. The van der Waals surface area contributed by atoms with E-state index in [-0.39, 0.29) is 5.91 Å². The molecule has 27 heavy (non-hydrogen) atoms. The van der Waals surface area contributed by atoms with Crippen molar-refractivity contribution in [2.75, 3.05) is 60.6 Å². The van der Waals surface area contributed by atoms with Crippen LogP contribution in [0.1, 0.15) is 19.4 Å². The largest absolute Gasteiger partial charge is 0.493 e. The van der Waals surface area contributed by atoms with Gasteiger partial charge in [-0.15, -0.1) is 0 Å². The Hall–Kier alpha value is -1.99. The average Bonchev–Trinajstić information content (AvgIpc) is 2.67. The second-order valence-corrected chi connectivity index (χ2v) is 7.24. The minimum absolute atomic E-state index is 0.110. The minimum atomic E-state index is 0.110. The molecule has 152 valence electrons. The summed E-state index contributed by atoms with van der Waals surface area (Å²) in [5.41, 5.74) is 1.07. The molecule has 0 saturated carbocycles. The van der Waals surface area contributed by atoms with Gasteiger partial charge in [-0.2, -0.15) is 0 Å². The summed E-state index contributed by atoms with van der Waals surface area (Å²) >= 11 is 0. The number of carbonyl (C=O) groups is 1. The lowest BCUT2D eigenvalue weighted by atomic mass is 10.1. The highest BCUT2D eigenvalue weighted by atomic mass is 16.5. The fraction of sp³-hybridized carbons (Fsp3) is 0.650. The highest BCUT2D eigenvalue weighted by molar-refractivity contribution is 5.78. The molecule has 0 atom stereocenters. The third kappa shape index (κ3) is 6.01. The SMILES string of the molecule is COc1ccc(CN2CCN(CC(=O)NCC(C)C)CC2)c(OC)c1OC. The van der Waals surface area contributed by atoms with Crippen molar-refractivity contribution in [2.24, 2.45) is 5.92 Å². The summed E-state index contributed by atoms with van der Waals surface area (Å²) in [5.74, 6) is 2.58. The zero-order valence-corrected chi connectivity index (χ0v) is 17.2. The normalized spacial score (nSPS) is 15.6. The van der Waals surface area contributed by atoms with Crippen molar-refractivity contribution < 1.29 is 19.0 Å². The molecule has 2 rings (SSSR count). The van der Waals surface area contributed by atoms with Crippen LogP contribution in [0, 0.1) is 5.92 Å². The highest BCUT2D eigenvalue weighted by Gasteiger charge is 2.22. The predicted molar refractivity (Wildman–Crippen MR) is 106 cm³/mol. The van der Waals surface area contributed by atoms with Gasteiger partial charge in [-0.1, -0.05) is 19.9 Å². The van der Waals surface area contributed by atoms with Crippen LogP contribution in [-0.4, -0.2) is 76.3 Å². The number of methoxy groups -OCH3 is 3. The van der Waals surface area contributed by atoms with Gasteiger partial charge in [0.2, 0.25) is 11.7 Å². The molecule has 1 aromatic carbocycles. The van der Waals surface area contributed by atoms with E-state index in [9.17, 15) is 4.79 Å². The first-order chi connectivity index (χ1) is 13.0. The van der Waals surface area contributed by atoms with Crippen LogP contribution in [0.2, 0.25) is 0 Å². The van der Waals surface area contributed by atoms with E-state index in [2.05, 4.69) is 29.0 Å². The van der Waals surface area contributed by atoms with Crippen molar-refractivity contribution in [1.82, 2.24) is 15.1 Å². The maximum absolute atomic E-state index is 12.0. The molecule has 1 aliphatic rings. The molecule has 0 aliphatic carbocycles. The molecule has 0 radical (unpaired) electrons. The van der Waals surface area contributed by atoms with Crippen LogP contribution in [0.3, 0.4) is 0 Å². The van der Waals surface area contributed by atoms with E-state index in [4.69, 9.17) is 14.2 Å². The number of hydrogen-bond acceptors (Lipinski definition) is 6. The Labute approximate surface area is 162 Å². The summed E-state index contributed by atoms with van der Waals surface area (Å²) in [7, 11) is 4.88. The van der Waals surface area contributed by atoms with Crippen LogP contribution in [0.25, 0.3) is 0 Å². The van der Waals surface area contributed by atoms with Gasteiger partial charge in [-0.05, 0) is 12.0 Å². The molecular weight excluding hydrogens is 346 g/mol. The second-order valence-electron chi connectivity index (χ2n) is 7.24. The Balaban J connectivity index is 1.89. The van der Waals surface area contributed by atoms with Crippen LogP contribution >= 0.6 is 0 Å². The Morgan fingerprint density at radius 2 is 1.63 bits per heavy atom. The van der Waals surface area contributed by atoms with E-state index >= 15 is 0 Å². The molecule has 1 heterocycles. The van der Waals surface area contributed by atoms with E-state index < -0.39 is 0 Å². The number of benzene rings is 1. The number of piperazine rings is 1. The lowest BCUT2D eigenvalue weighted by molar-refractivity contribution is -0.122. The number of amides is 1. The fourth-order valence-electron chi connectivity index (χ4n) is 3.21. The van der Waals surface area contributed by atoms with Gasteiger partial charge in [0.25, 0.3) is 0 Å². The van der Waals surface area contributed by atoms with Crippen molar-refractivity contribution in [3.05, 3.63) is 17.7 Å². The highest BCUT2D eigenvalue weighted by Crippen LogP contribution is 2.40. The van der Waals surface area contributed by atoms with Gasteiger partial charge < -0.3 is 19.5 Å². The van der Waals surface area contributed by atoms with Crippen molar-refractivity contribution in [3.8, 4) is 17.2 Å². The van der Waals surface area contributed by atoms with Crippen LogP contribution in [0.5, 0.6) is 17.2 Å². The van der Waals surface area contributed by atoms with E-state index in [0.717, 1.165) is 44.8 Å². The zero-order valence-electron chi connectivity index (χ0n) is 17.2. The van der Waals surface area contributed by atoms with Crippen molar-refractivity contribution in [1.29, 1.82) is 0 Å². The summed E-state index contributed by atoms with van der Waals surface area (Å²) in [6.45, 7) is 9.76. The Bertz CT molecular complexity index is 613. The second kappa shape index (κ2) is 10.4. The molecule has 1 N–H and O–H groups in total. The lowest BCUT2D eigenvalue weighted by Crippen LogP contribution is -2.49. The smallest absolute Gasteiger partial charge is 0.234 e. The number of ether oxygens (including phenoxy) is 3. The molecule has 7 heteroatoms. The fourth-order valence-corrected chi connectivity index (χ4v) is 3.21. The number of hydrogen-bond donors (Lipinski definition) is 1. The molecule has 1 saturated heterocycles. The maximum atomic E-state index is 12.0. The van der Waals surface area contributed by atoms with Crippen LogP contribution < -0.4 is 19.5 Å². The summed E-state index contributed by atoms with van der Waals surface area (Å²) in [6.07, 6.45) is 0. The summed E-state index contributed by atoms with van der Waals surface area (Å²) in [6, 6.07) is 3.93. The number of rotatable bonds is 9. The summed E-state index contributed by atoms with van der Waals surface area (Å²) in [4.78, 5) is 16.6. The van der Waals surface area contributed by atoms with Crippen LogP contribution in [0.4, 0.5) is 0 Å². The van der Waals surface area contributed by atoms with E-state index in [1.54, 1.807) is 21.3 Å². The molecule has 0 unspecified atom stereocenters. The first-order valence-corrected chi connectivity index (χ1v) is 9.47. The first kappa shape index (κ1) is 21.3. The van der Waals surface area contributed by atoms with Gasteiger partial charge in [0.05, 0.1) is 27.9 Å². The van der Waals surface area contributed by atoms with Gasteiger partial charge in [-0.3, -0.25) is 14.6 Å². The zero-order chi connectivity index (χ0) is 19.8. The van der Waals surface area contributed by atoms with Gasteiger partial charge in [0, 0.05) is 44.8 Å². The lowest BCUT2D eigenvalue weighted by Gasteiger charge is -2.34. The maximum Gasteiger partial charge on any atom is 0.234 e. The molecule has 7 nitrogen and oxygen atoms in total. The summed E-state index contributed by atoms with van der Waals surface area (Å²) < 4.78 is 16.4. The van der Waals surface area contributed by atoms with Crippen molar-refractivity contribution >= 4 is 5.91 Å². The molecule has 0 bridgehead atoms. The van der Waals surface area contributed by atoms with E-state index in [1.165, 1.54) is 0 Å². The predicted octanol–water partition coefficient (Wildman–Crippen LogP) is 1.60. The third-order valence-electron chi connectivity index (χ3n) is 4.72. The molecule has 1 aromatic rings. The van der Waals surface area contributed by atoms with E-state index in [1.807, 2.05) is 12.1 Å². The monoisotopic (exact) mass is 379 g/mol. The number of nitrogens with one attached hydrogen (secondary N) is 1. The molecule has 1 aliphatic heterocycles. The van der Waals surface area contributed by atoms with Crippen LogP contribution in [0.15, 0.2) is 12.1 Å². The van der Waals surface area contributed by atoms with Crippen molar-refractivity contribution in [2.45, 2.75) is 20.4 Å². The standard InChI is InChI=1S/C20H33N3O4/c1-15(2)12-21-18(24)14-23-10-8-22(9-11-23)13-16-6-7-17(25-3)20(27-5)19(16)26-4/h6-7,15H,8-14H2,1-5H3,(H,21,24). The van der Waals surface area contributed by atoms with E-state index in [0.29, 0.717) is 29.7 Å².